The molecule has 0 radical (unpaired) electrons. The van der Waals surface area contributed by atoms with E-state index in [1.807, 2.05) is 0 Å². The third-order valence-corrected chi connectivity index (χ3v) is 0. The van der Waals surface area contributed by atoms with Crippen LogP contribution in [0.15, 0.2) is 0 Å². The maximum absolute atomic E-state index is 8.74. The molecule has 0 aliphatic rings. The zero-order valence-corrected chi connectivity index (χ0v) is 11.0. The van der Waals surface area contributed by atoms with E-state index in [-0.39, 0.29) is 129 Å². The second-order valence-corrected chi connectivity index (χ2v) is 0.848. The molecule has 0 amide bonds. The fraction of sp³-hybridized carbons (Fsp3) is 0. The average Bonchev–Trinajstić information content (AvgIpc) is 0.811. The van der Waals surface area contributed by atoms with Gasteiger partial charge in [0, 0.05) is 0 Å². The summed E-state index contributed by atoms with van der Waals surface area (Å²) in [5.41, 5.74) is 0. The Morgan fingerprint density at radius 3 is 1.33 bits per heavy atom. The summed E-state index contributed by atoms with van der Waals surface area (Å²) in [6, 6.07) is 0. The predicted octanol–water partition coefficient (Wildman–Crippen LogP) is -6.82. The van der Waals surface area contributed by atoms with Gasteiger partial charge in [0.15, 0.2) is 17.4 Å². The molecule has 0 spiro atoms. The molecule has 0 atom stereocenters. The summed E-state index contributed by atoms with van der Waals surface area (Å²) < 4.78 is 8.74. The second-order valence-electron chi connectivity index (χ2n) is 0.283. The van der Waals surface area contributed by atoms with Gasteiger partial charge in [-0.2, -0.15) is 0 Å². The van der Waals surface area contributed by atoms with Gasteiger partial charge in [-0.1, -0.05) is 0 Å². The first-order valence-electron chi connectivity index (χ1n) is 0.651. The fourth-order valence-corrected chi connectivity index (χ4v) is 0. The van der Waals surface area contributed by atoms with Gasteiger partial charge < -0.3 is 22.2 Å². The molecule has 0 unspecified atom stereocenters. The molecular formula is H12AlBeCaKO4Si. The van der Waals surface area contributed by atoms with Crippen LogP contribution in [0.25, 0.3) is 0 Å². The van der Waals surface area contributed by atoms with Crippen LogP contribution < -0.4 is 51.4 Å². The molecule has 9 heavy (non-hydrogen) atoms. The van der Waals surface area contributed by atoms with Crippen LogP contribution in [0, 0.1) is 0 Å². The first-order valence-corrected chi connectivity index (χ1v) is 1.95. The summed E-state index contributed by atoms with van der Waals surface area (Å²) in [7, 11) is -3.13. The number of hydrogen-bond acceptors (Lipinski definition) is 1. The maximum atomic E-state index is 8.74. The summed E-state index contributed by atoms with van der Waals surface area (Å²) in [5.74, 6) is 0. The molecule has 0 aromatic carbocycles. The SMILES string of the molecule is O.O=[Si](O)O.[AlH3].[Be+2].[Ca+2].[H-].[H-].[H-].[H-].[H-].[K+]. The van der Waals surface area contributed by atoms with Gasteiger partial charge in [0.25, 0.3) is 0 Å². The summed E-state index contributed by atoms with van der Waals surface area (Å²) >= 11 is 0. The minimum atomic E-state index is -3.13. The fourth-order valence-electron chi connectivity index (χ4n) is 0. The molecular weight excluding hydrogens is 207 g/mol. The molecule has 0 aliphatic carbocycles. The van der Waals surface area contributed by atoms with Crippen LogP contribution >= 0.6 is 0 Å². The molecule has 0 saturated heterocycles. The van der Waals surface area contributed by atoms with Gasteiger partial charge in [0.05, 0.1) is 0 Å². The van der Waals surface area contributed by atoms with E-state index in [2.05, 4.69) is 0 Å². The molecule has 9 heteroatoms. The van der Waals surface area contributed by atoms with Crippen molar-refractivity contribution in [3.8, 4) is 0 Å². The first kappa shape index (κ1) is 39.9. The third-order valence-electron chi connectivity index (χ3n) is 0. The second kappa shape index (κ2) is 30.3. The Kier molecular flexibility index (Phi) is 134. The molecule has 48 valence electrons. The van der Waals surface area contributed by atoms with Gasteiger partial charge in [0.2, 0.25) is 0 Å². The molecule has 4 N–H and O–H groups in total. The van der Waals surface area contributed by atoms with Crippen molar-refractivity contribution in [1.29, 1.82) is 0 Å². The van der Waals surface area contributed by atoms with Crippen molar-refractivity contribution >= 4 is 74.4 Å². The van der Waals surface area contributed by atoms with E-state index in [1.165, 1.54) is 0 Å². The van der Waals surface area contributed by atoms with Gasteiger partial charge in [-0.25, -0.2) is 0 Å². The Morgan fingerprint density at radius 2 is 1.33 bits per heavy atom. The molecule has 0 aromatic heterocycles. The van der Waals surface area contributed by atoms with Crippen LogP contribution in [0.5, 0.6) is 0 Å². The van der Waals surface area contributed by atoms with Gasteiger partial charge in [-0.05, 0) is 0 Å². The minimum absolute atomic E-state index is 0. The van der Waals surface area contributed by atoms with Crippen molar-refractivity contribution in [1.82, 2.24) is 0 Å². The molecule has 0 bridgehead atoms. The first-order chi connectivity index (χ1) is 1.73. The molecule has 0 aromatic rings. The van der Waals surface area contributed by atoms with E-state index < -0.39 is 9.17 Å². The van der Waals surface area contributed by atoms with Gasteiger partial charge in [0.1, 0.15) is 0 Å². The summed E-state index contributed by atoms with van der Waals surface area (Å²) in [6.07, 6.45) is 0. The molecule has 0 fully saturated rings. The summed E-state index contributed by atoms with van der Waals surface area (Å²) in [4.78, 5) is 14.3. The van der Waals surface area contributed by atoms with E-state index >= 15 is 0 Å². The van der Waals surface area contributed by atoms with Crippen molar-refractivity contribution in [3.63, 3.8) is 0 Å². The number of hydrogen-bond donors (Lipinski definition) is 2. The van der Waals surface area contributed by atoms with E-state index in [4.69, 9.17) is 14.1 Å². The van der Waals surface area contributed by atoms with Crippen molar-refractivity contribution in [2.45, 2.75) is 0 Å². The summed E-state index contributed by atoms with van der Waals surface area (Å²) in [5, 5.41) is 0. The topological polar surface area (TPSA) is 89.0 Å². The smallest absolute Gasteiger partial charge is 1.00 e. The van der Waals surface area contributed by atoms with Gasteiger partial charge in [-0.3, -0.25) is 4.46 Å². The van der Waals surface area contributed by atoms with Crippen molar-refractivity contribution in [2.75, 3.05) is 0 Å². The molecule has 0 heterocycles. The van der Waals surface area contributed by atoms with E-state index in [1.54, 1.807) is 0 Å². The van der Waals surface area contributed by atoms with Crippen LogP contribution in [0.2, 0.25) is 0 Å². The monoisotopic (exact) mass is 219 g/mol. The Morgan fingerprint density at radius 1 is 1.33 bits per heavy atom. The van der Waals surface area contributed by atoms with Crippen LogP contribution in [0.4, 0.5) is 0 Å². The van der Waals surface area contributed by atoms with Gasteiger partial charge >= 0.3 is 108 Å². The van der Waals surface area contributed by atoms with Crippen LogP contribution in [-0.2, 0) is 4.46 Å². The van der Waals surface area contributed by atoms with Crippen LogP contribution in [0.3, 0.4) is 0 Å². The Balaban J connectivity index is -0.000000001000. The van der Waals surface area contributed by atoms with E-state index in [9.17, 15) is 0 Å². The van der Waals surface area contributed by atoms with Crippen molar-refractivity contribution in [3.05, 3.63) is 0 Å². The Hall–Kier alpha value is 3.17. The summed E-state index contributed by atoms with van der Waals surface area (Å²) in [6.45, 7) is 0. The quantitative estimate of drug-likeness (QED) is 0.397. The Labute approximate surface area is 149 Å². The largest absolute Gasteiger partial charge is 2.00 e. The zero-order valence-electron chi connectivity index (χ0n) is 9.72. The molecule has 0 aliphatic heterocycles. The molecule has 4 nitrogen and oxygen atoms in total. The zero-order chi connectivity index (χ0) is 3.58. The van der Waals surface area contributed by atoms with Crippen molar-refractivity contribution < 1.29 is 78.0 Å². The normalized spacial score (nSPS) is 2.67. The third kappa shape index (κ3) is 93.3. The van der Waals surface area contributed by atoms with E-state index in [0.29, 0.717) is 0 Å². The van der Waals surface area contributed by atoms with Crippen LogP contribution in [-0.4, -0.2) is 89.5 Å². The van der Waals surface area contributed by atoms with Crippen LogP contribution in [0.1, 0.15) is 7.13 Å². The predicted molar refractivity (Wildman–Crippen MR) is 41.5 cm³/mol. The standard InChI is InChI=1S/Al.Be.Ca.K.H2O3Si.H2O.8H/c;;;;1-4(2)3;;;;;;;;;/h;;;;1-2H;1H2;;;;;;;;/q;2*+2;+1;;;;;;5*-1. The van der Waals surface area contributed by atoms with Gasteiger partial charge in [-0.15, -0.1) is 0 Å². The number of rotatable bonds is 0. The molecule has 0 rings (SSSR count). The maximum Gasteiger partial charge on any atom is 2.00 e. The van der Waals surface area contributed by atoms with E-state index in [0.717, 1.165) is 0 Å². The Bertz CT molecular complexity index is 56.7. The molecule has 0 saturated carbocycles. The van der Waals surface area contributed by atoms with Crippen molar-refractivity contribution in [2.24, 2.45) is 0 Å². The minimum Gasteiger partial charge on any atom is -1.00 e. The average molecular weight is 219 g/mol.